The molecule has 0 amide bonds. The second kappa shape index (κ2) is 4.45. The molecule has 0 spiro atoms. The smallest absolute Gasteiger partial charge is 0.234 e. The molecule has 1 aliphatic rings. The standard InChI is InChI=1S/C11H15N5/c1-3-16(2)11-8-7-13-5-4-9(8)14-10(6-12)15-11/h13H,3-5,7H2,1-2H3. The Morgan fingerprint density at radius 1 is 1.50 bits per heavy atom. The molecule has 0 unspecified atom stereocenters. The van der Waals surface area contributed by atoms with Crippen molar-refractivity contribution in [2.24, 2.45) is 0 Å². The maximum Gasteiger partial charge on any atom is 0.234 e. The molecular formula is C11H15N5. The SMILES string of the molecule is CCN(C)c1nc(C#N)nc2c1CNCC2. The minimum atomic E-state index is 0.274. The largest absolute Gasteiger partial charge is 0.360 e. The Balaban J connectivity index is 2.52. The molecule has 1 aliphatic heterocycles. The lowest BCUT2D eigenvalue weighted by Crippen LogP contribution is -2.29. The molecule has 0 radical (unpaired) electrons. The molecule has 0 aliphatic carbocycles. The Kier molecular flexibility index (Phi) is 3.02. The minimum Gasteiger partial charge on any atom is -0.360 e. The van der Waals surface area contributed by atoms with Gasteiger partial charge in [0.15, 0.2) is 0 Å². The molecule has 0 atom stereocenters. The van der Waals surface area contributed by atoms with E-state index in [1.807, 2.05) is 18.0 Å². The van der Waals surface area contributed by atoms with Crippen molar-refractivity contribution in [1.82, 2.24) is 15.3 Å². The summed E-state index contributed by atoms with van der Waals surface area (Å²) in [7, 11) is 1.98. The van der Waals surface area contributed by atoms with Crippen LogP contribution in [0.3, 0.4) is 0 Å². The van der Waals surface area contributed by atoms with Crippen molar-refractivity contribution in [3.8, 4) is 6.07 Å². The van der Waals surface area contributed by atoms with Gasteiger partial charge in [-0.25, -0.2) is 9.97 Å². The predicted molar refractivity (Wildman–Crippen MR) is 61.1 cm³/mol. The summed E-state index contributed by atoms with van der Waals surface area (Å²) in [6.07, 6.45) is 0.872. The van der Waals surface area contributed by atoms with Crippen LogP contribution in [0.25, 0.3) is 0 Å². The van der Waals surface area contributed by atoms with Gasteiger partial charge < -0.3 is 10.2 Å². The molecule has 2 rings (SSSR count). The Morgan fingerprint density at radius 3 is 3.00 bits per heavy atom. The van der Waals surface area contributed by atoms with Gasteiger partial charge in [-0.3, -0.25) is 0 Å². The van der Waals surface area contributed by atoms with Crippen LogP contribution in [0.4, 0.5) is 5.82 Å². The van der Waals surface area contributed by atoms with Gasteiger partial charge in [-0.2, -0.15) is 5.26 Å². The van der Waals surface area contributed by atoms with E-state index >= 15 is 0 Å². The highest BCUT2D eigenvalue weighted by molar-refractivity contribution is 5.50. The number of fused-ring (bicyclic) bond motifs is 1. The summed E-state index contributed by atoms with van der Waals surface area (Å²) >= 11 is 0. The third-order valence-corrected chi connectivity index (χ3v) is 2.85. The summed E-state index contributed by atoms with van der Waals surface area (Å²) in [6.45, 7) is 4.65. The van der Waals surface area contributed by atoms with Gasteiger partial charge in [0.25, 0.3) is 0 Å². The Hall–Kier alpha value is -1.67. The third kappa shape index (κ3) is 1.84. The highest BCUT2D eigenvalue weighted by atomic mass is 15.2. The van der Waals surface area contributed by atoms with Crippen LogP contribution >= 0.6 is 0 Å². The zero-order valence-electron chi connectivity index (χ0n) is 9.62. The number of nitrogens with zero attached hydrogens (tertiary/aromatic N) is 4. The first-order valence-corrected chi connectivity index (χ1v) is 5.48. The molecule has 0 aromatic carbocycles. The van der Waals surface area contributed by atoms with Crippen molar-refractivity contribution >= 4 is 5.82 Å². The van der Waals surface area contributed by atoms with Gasteiger partial charge >= 0.3 is 0 Å². The Bertz CT molecular complexity index is 435. The quantitative estimate of drug-likeness (QED) is 0.779. The number of aromatic nitrogens is 2. The summed E-state index contributed by atoms with van der Waals surface area (Å²) in [5, 5.41) is 12.2. The van der Waals surface area contributed by atoms with Crippen LogP contribution in [0, 0.1) is 11.3 Å². The first-order valence-electron chi connectivity index (χ1n) is 5.48. The lowest BCUT2D eigenvalue weighted by Gasteiger charge is -2.24. The molecule has 1 N–H and O–H groups in total. The second-order valence-electron chi connectivity index (χ2n) is 3.85. The fourth-order valence-electron chi connectivity index (χ4n) is 1.84. The van der Waals surface area contributed by atoms with Crippen LogP contribution < -0.4 is 10.2 Å². The molecule has 0 bridgehead atoms. The predicted octanol–water partition coefficient (Wildman–Crippen LogP) is 0.450. The van der Waals surface area contributed by atoms with Crippen LogP contribution in [-0.2, 0) is 13.0 Å². The Labute approximate surface area is 95.1 Å². The lowest BCUT2D eigenvalue weighted by atomic mass is 10.1. The van der Waals surface area contributed by atoms with Gasteiger partial charge in [-0.1, -0.05) is 0 Å². The third-order valence-electron chi connectivity index (χ3n) is 2.85. The Morgan fingerprint density at radius 2 is 2.31 bits per heavy atom. The molecule has 0 saturated carbocycles. The number of anilines is 1. The van der Waals surface area contributed by atoms with Gasteiger partial charge in [0, 0.05) is 38.7 Å². The fraction of sp³-hybridized carbons (Fsp3) is 0.545. The summed E-state index contributed by atoms with van der Waals surface area (Å²) in [4.78, 5) is 10.6. The van der Waals surface area contributed by atoms with Crippen molar-refractivity contribution < 1.29 is 0 Å². The lowest BCUT2D eigenvalue weighted by molar-refractivity contribution is 0.622. The van der Waals surface area contributed by atoms with E-state index in [2.05, 4.69) is 22.2 Å². The van der Waals surface area contributed by atoms with Crippen molar-refractivity contribution in [3.63, 3.8) is 0 Å². The van der Waals surface area contributed by atoms with Gasteiger partial charge in [0.1, 0.15) is 11.9 Å². The topological polar surface area (TPSA) is 64.8 Å². The normalized spacial score (nSPS) is 14.1. The zero-order valence-corrected chi connectivity index (χ0v) is 9.62. The van der Waals surface area contributed by atoms with Crippen molar-refractivity contribution in [1.29, 1.82) is 5.26 Å². The molecule has 2 heterocycles. The van der Waals surface area contributed by atoms with E-state index in [0.717, 1.165) is 43.1 Å². The van der Waals surface area contributed by atoms with E-state index in [-0.39, 0.29) is 5.82 Å². The monoisotopic (exact) mass is 217 g/mol. The zero-order chi connectivity index (χ0) is 11.5. The van der Waals surface area contributed by atoms with E-state index < -0.39 is 0 Å². The molecule has 0 fully saturated rings. The van der Waals surface area contributed by atoms with Crippen LogP contribution in [0.1, 0.15) is 24.0 Å². The summed E-state index contributed by atoms with van der Waals surface area (Å²) in [6, 6.07) is 2.03. The molecule has 16 heavy (non-hydrogen) atoms. The second-order valence-corrected chi connectivity index (χ2v) is 3.85. The molecule has 0 saturated heterocycles. The van der Waals surface area contributed by atoms with E-state index in [0.29, 0.717) is 0 Å². The van der Waals surface area contributed by atoms with Crippen LogP contribution in [0.5, 0.6) is 0 Å². The van der Waals surface area contributed by atoms with Crippen molar-refractivity contribution in [3.05, 3.63) is 17.1 Å². The molecule has 84 valence electrons. The van der Waals surface area contributed by atoms with Crippen LogP contribution in [0.15, 0.2) is 0 Å². The molecular weight excluding hydrogens is 202 g/mol. The van der Waals surface area contributed by atoms with Crippen molar-refractivity contribution in [2.45, 2.75) is 19.9 Å². The van der Waals surface area contributed by atoms with E-state index in [1.165, 1.54) is 0 Å². The first kappa shape index (κ1) is 10.8. The first-order chi connectivity index (χ1) is 7.76. The van der Waals surface area contributed by atoms with Crippen LogP contribution in [-0.4, -0.2) is 30.1 Å². The molecule has 1 aromatic heterocycles. The van der Waals surface area contributed by atoms with Gasteiger partial charge in [-0.05, 0) is 6.92 Å². The van der Waals surface area contributed by atoms with Gasteiger partial charge in [-0.15, -0.1) is 0 Å². The summed E-state index contributed by atoms with van der Waals surface area (Å²) < 4.78 is 0. The van der Waals surface area contributed by atoms with E-state index in [1.54, 1.807) is 0 Å². The molecule has 5 heteroatoms. The maximum atomic E-state index is 8.91. The summed E-state index contributed by atoms with van der Waals surface area (Å²) in [5.74, 6) is 1.16. The number of hydrogen-bond acceptors (Lipinski definition) is 5. The van der Waals surface area contributed by atoms with Gasteiger partial charge in [0.2, 0.25) is 5.82 Å². The maximum absolute atomic E-state index is 8.91. The number of rotatable bonds is 2. The van der Waals surface area contributed by atoms with Crippen LogP contribution in [0.2, 0.25) is 0 Å². The number of hydrogen-bond donors (Lipinski definition) is 1. The van der Waals surface area contributed by atoms with Gasteiger partial charge in [0.05, 0.1) is 5.69 Å². The van der Waals surface area contributed by atoms with Crippen molar-refractivity contribution in [2.75, 3.05) is 25.0 Å². The average Bonchev–Trinajstić information content (AvgIpc) is 2.36. The minimum absolute atomic E-state index is 0.274. The number of nitriles is 1. The van der Waals surface area contributed by atoms with E-state index in [4.69, 9.17) is 5.26 Å². The highest BCUT2D eigenvalue weighted by Gasteiger charge is 2.19. The van der Waals surface area contributed by atoms with E-state index in [9.17, 15) is 0 Å². The summed E-state index contributed by atoms with van der Waals surface area (Å²) in [5.41, 5.74) is 2.15. The molecule has 1 aromatic rings. The molecule has 5 nitrogen and oxygen atoms in total. The highest BCUT2D eigenvalue weighted by Crippen LogP contribution is 2.22. The average molecular weight is 217 g/mol. The number of nitrogens with one attached hydrogen (secondary N) is 1. The fourth-order valence-corrected chi connectivity index (χ4v) is 1.84.